The Morgan fingerprint density at radius 3 is 2.96 bits per heavy atom. The Morgan fingerprint density at radius 2 is 2.04 bits per heavy atom. The average Bonchev–Trinajstić information content (AvgIpc) is 3.32. The van der Waals surface area contributed by atoms with Gasteiger partial charge < -0.3 is 4.42 Å². The van der Waals surface area contributed by atoms with Gasteiger partial charge in [-0.05, 0) is 30.3 Å². The van der Waals surface area contributed by atoms with Gasteiger partial charge in [0.15, 0.2) is 11.4 Å². The molecule has 1 N–H and O–H groups in total. The van der Waals surface area contributed by atoms with Crippen LogP contribution in [0.15, 0.2) is 59.5 Å². The summed E-state index contributed by atoms with van der Waals surface area (Å²) in [6, 6.07) is 13.4. The molecule has 0 bridgehead atoms. The Kier molecular flexibility index (Phi) is 2.37. The Morgan fingerprint density at radius 1 is 1.09 bits per heavy atom. The van der Waals surface area contributed by atoms with Crippen molar-refractivity contribution in [3.8, 4) is 23.0 Å². The summed E-state index contributed by atoms with van der Waals surface area (Å²) in [5, 5.41) is 12.6. The molecule has 0 aliphatic heterocycles. The molecule has 110 valence electrons. The normalized spacial score (nSPS) is 11.5. The third kappa shape index (κ3) is 1.83. The highest BCUT2D eigenvalue weighted by atomic mass is 16.3. The van der Waals surface area contributed by atoms with Gasteiger partial charge in [0.05, 0.1) is 11.8 Å². The third-order valence-electron chi connectivity index (χ3n) is 3.68. The number of H-pyrrole nitrogens is 1. The fourth-order valence-electron chi connectivity index (χ4n) is 2.58. The summed E-state index contributed by atoms with van der Waals surface area (Å²) in [5.41, 5.74) is 3.08. The van der Waals surface area contributed by atoms with Gasteiger partial charge in [-0.2, -0.15) is 5.10 Å². The number of fused-ring (bicyclic) bond motifs is 3. The van der Waals surface area contributed by atoms with Crippen molar-refractivity contribution in [2.45, 2.75) is 0 Å². The molecule has 0 aliphatic carbocycles. The van der Waals surface area contributed by atoms with Gasteiger partial charge in [-0.25, -0.2) is 14.5 Å². The van der Waals surface area contributed by atoms with Crippen LogP contribution in [0.1, 0.15) is 0 Å². The molecule has 0 fully saturated rings. The zero-order valence-corrected chi connectivity index (χ0v) is 11.8. The highest BCUT2D eigenvalue weighted by Gasteiger charge is 2.14. The van der Waals surface area contributed by atoms with Gasteiger partial charge in [0, 0.05) is 5.39 Å². The molecule has 5 aromatic rings. The van der Waals surface area contributed by atoms with Crippen LogP contribution in [0, 0.1) is 0 Å². The number of furan rings is 1. The van der Waals surface area contributed by atoms with Crippen LogP contribution in [0.4, 0.5) is 0 Å². The van der Waals surface area contributed by atoms with Crippen molar-refractivity contribution >= 4 is 16.6 Å². The highest BCUT2D eigenvalue weighted by molar-refractivity contribution is 5.91. The molecule has 23 heavy (non-hydrogen) atoms. The van der Waals surface area contributed by atoms with Crippen LogP contribution in [0.2, 0.25) is 0 Å². The maximum absolute atomic E-state index is 5.36. The van der Waals surface area contributed by atoms with Crippen LogP contribution in [0.25, 0.3) is 39.5 Å². The molecule has 1 aromatic carbocycles. The van der Waals surface area contributed by atoms with Crippen LogP contribution < -0.4 is 0 Å². The molecule has 0 aliphatic rings. The lowest BCUT2D eigenvalue weighted by Crippen LogP contribution is -1.90. The van der Waals surface area contributed by atoms with E-state index in [2.05, 4.69) is 25.3 Å². The van der Waals surface area contributed by atoms with E-state index in [1.807, 2.05) is 42.5 Å². The minimum Gasteiger partial charge on any atom is -0.463 e. The molecule has 0 saturated carbocycles. The fourth-order valence-corrected chi connectivity index (χ4v) is 2.58. The zero-order chi connectivity index (χ0) is 15.2. The van der Waals surface area contributed by atoms with E-state index >= 15 is 0 Å². The Labute approximate surface area is 129 Å². The lowest BCUT2D eigenvalue weighted by atomic mass is 10.2. The van der Waals surface area contributed by atoms with Crippen molar-refractivity contribution in [3.63, 3.8) is 0 Å². The number of hydrogen-bond donors (Lipinski definition) is 1. The van der Waals surface area contributed by atoms with Crippen molar-refractivity contribution in [1.82, 2.24) is 29.8 Å². The smallest absolute Gasteiger partial charge is 0.202 e. The number of nitrogens with zero attached hydrogens (tertiary/aromatic N) is 5. The zero-order valence-electron chi connectivity index (χ0n) is 11.8. The summed E-state index contributed by atoms with van der Waals surface area (Å²) in [6.07, 6.45) is 3.28. The molecule has 4 aromatic heterocycles. The van der Waals surface area contributed by atoms with Crippen molar-refractivity contribution in [3.05, 3.63) is 55.1 Å². The first-order valence-corrected chi connectivity index (χ1v) is 7.08. The van der Waals surface area contributed by atoms with Gasteiger partial charge in [0.25, 0.3) is 0 Å². The topological polar surface area (TPSA) is 84.9 Å². The second kappa shape index (κ2) is 4.51. The van der Waals surface area contributed by atoms with Crippen LogP contribution in [-0.2, 0) is 0 Å². The van der Waals surface area contributed by atoms with Crippen molar-refractivity contribution < 1.29 is 4.42 Å². The number of rotatable bonds is 2. The molecule has 0 radical (unpaired) electrons. The summed E-state index contributed by atoms with van der Waals surface area (Å²) < 4.78 is 7.02. The number of aromatic amines is 1. The largest absolute Gasteiger partial charge is 0.463 e. The van der Waals surface area contributed by atoms with Crippen molar-refractivity contribution in [1.29, 1.82) is 0 Å². The molecule has 0 amide bonds. The maximum Gasteiger partial charge on any atom is 0.202 e. The first kappa shape index (κ1) is 12.1. The Bertz CT molecular complexity index is 1120. The first-order chi connectivity index (χ1) is 11.4. The second-order valence-electron chi connectivity index (χ2n) is 5.11. The van der Waals surface area contributed by atoms with Gasteiger partial charge in [0.2, 0.25) is 5.82 Å². The summed E-state index contributed by atoms with van der Waals surface area (Å²) in [4.78, 5) is 8.98. The molecule has 7 nitrogen and oxygen atoms in total. The minimum atomic E-state index is 0.539. The Hall–Kier alpha value is -3.48. The van der Waals surface area contributed by atoms with E-state index in [0.29, 0.717) is 11.5 Å². The predicted molar refractivity (Wildman–Crippen MR) is 83.6 cm³/mol. The van der Waals surface area contributed by atoms with E-state index in [9.17, 15) is 0 Å². The monoisotopic (exact) mass is 302 g/mol. The summed E-state index contributed by atoms with van der Waals surface area (Å²) in [7, 11) is 0. The molecule has 5 rings (SSSR count). The van der Waals surface area contributed by atoms with E-state index in [1.54, 1.807) is 17.1 Å². The fraction of sp³-hybridized carbons (Fsp3) is 0. The lowest BCUT2D eigenvalue weighted by Gasteiger charge is -1.96. The van der Waals surface area contributed by atoms with E-state index in [4.69, 9.17) is 4.42 Å². The standard InChI is InChI=1S/C16H10N6O/c1-2-5-11-10(4-1)16-18-15(21-22(16)9-17-11)13-8-12(19-20-13)14-6-3-7-23-14/h1-9H,(H,19,20). The van der Waals surface area contributed by atoms with Crippen LogP contribution in [0.3, 0.4) is 0 Å². The first-order valence-electron chi connectivity index (χ1n) is 7.08. The number of para-hydroxylation sites is 1. The second-order valence-corrected chi connectivity index (χ2v) is 5.11. The summed E-state index contributed by atoms with van der Waals surface area (Å²) in [5.74, 6) is 1.26. The minimum absolute atomic E-state index is 0.539. The third-order valence-corrected chi connectivity index (χ3v) is 3.68. The molecule has 7 heteroatoms. The average molecular weight is 302 g/mol. The highest BCUT2D eigenvalue weighted by Crippen LogP contribution is 2.24. The van der Waals surface area contributed by atoms with Gasteiger partial charge >= 0.3 is 0 Å². The molecule has 4 heterocycles. The van der Waals surface area contributed by atoms with Gasteiger partial charge in [-0.15, -0.1) is 5.10 Å². The van der Waals surface area contributed by atoms with Crippen LogP contribution in [0.5, 0.6) is 0 Å². The van der Waals surface area contributed by atoms with Crippen molar-refractivity contribution in [2.75, 3.05) is 0 Å². The van der Waals surface area contributed by atoms with E-state index < -0.39 is 0 Å². The molecular formula is C16H10N6O. The van der Waals surface area contributed by atoms with E-state index in [0.717, 1.165) is 28.0 Å². The van der Waals surface area contributed by atoms with Crippen LogP contribution in [-0.4, -0.2) is 29.8 Å². The lowest BCUT2D eigenvalue weighted by molar-refractivity contribution is 0.580. The predicted octanol–water partition coefficient (Wildman–Crippen LogP) is 2.93. The van der Waals surface area contributed by atoms with E-state index in [-0.39, 0.29) is 0 Å². The number of benzene rings is 1. The summed E-state index contributed by atoms with van der Waals surface area (Å²) in [6.45, 7) is 0. The number of nitrogens with one attached hydrogen (secondary N) is 1. The number of aromatic nitrogens is 6. The maximum atomic E-state index is 5.36. The SMILES string of the molecule is c1coc(-c2cc(-c3nc4c5ccccc5ncn4n3)n[nH]2)c1. The van der Waals surface area contributed by atoms with Gasteiger partial charge in [0.1, 0.15) is 17.7 Å². The molecule has 0 saturated heterocycles. The van der Waals surface area contributed by atoms with Gasteiger partial charge in [-0.3, -0.25) is 5.10 Å². The van der Waals surface area contributed by atoms with Gasteiger partial charge in [-0.1, -0.05) is 12.1 Å². The molecule has 0 spiro atoms. The molecule has 0 atom stereocenters. The quantitative estimate of drug-likeness (QED) is 0.542. The van der Waals surface area contributed by atoms with E-state index in [1.165, 1.54) is 0 Å². The molecule has 0 unspecified atom stereocenters. The van der Waals surface area contributed by atoms with Crippen molar-refractivity contribution in [2.24, 2.45) is 0 Å². The summed E-state index contributed by atoms with van der Waals surface area (Å²) >= 11 is 0. The van der Waals surface area contributed by atoms with Crippen LogP contribution >= 0.6 is 0 Å². The Balaban J connectivity index is 1.67. The molecular weight excluding hydrogens is 292 g/mol. The number of hydrogen-bond acceptors (Lipinski definition) is 5.